The summed E-state index contributed by atoms with van der Waals surface area (Å²) in [6.45, 7) is 5.88. The minimum absolute atomic E-state index is 0.0106. The molecule has 2 amide bonds. The van der Waals surface area contributed by atoms with Crippen molar-refractivity contribution in [2.24, 2.45) is 17.6 Å². The topological polar surface area (TPSA) is 92.4 Å². The van der Waals surface area contributed by atoms with Gasteiger partial charge in [0.1, 0.15) is 17.8 Å². The van der Waals surface area contributed by atoms with Gasteiger partial charge in [0.2, 0.25) is 0 Å². The van der Waals surface area contributed by atoms with Crippen LogP contribution in [0.1, 0.15) is 38.5 Å². The van der Waals surface area contributed by atoms with Crippen molar-refractivity contribution in [3.63, 3.8) is 0 Å². The molecule has 0 aliphatic carbocycles. The van der Waals surface area contributed by atoms with Crippen molar-refractivity contribution in [1.29, 1.82) is 0 Å². The van der Waals surface area contributed by atoms with Crippen molar-refractivity contribution in [2.75, 3.05) is 32.7 Å². The summed E-state index contributed by atoms with van der Waals surface area (Å²) in [6.07, 6.45) is 3.10. The molecule has 3 heterocycles. The largest absolute Gasteiger partial charge is 0.364 e. The number of primary amides is 1. The number of nitrogens with zero attached hydrogens (tertiary/aromatic N) is 4. The van der Waals surface area contributed by atoms with Crippen LogP contribution in [0.4, 0.5) is 4.39 Å². The third-order valence-corrected chi connectivity index (χ3v) is 6.16. The lowest BCUT2D eigenvalue weighted by Gasteiger charge is -2.22. The summed E-state index contributed by atoms with van der Waals surface area (Å²) < 4.78 is 13.3. The van der Waals surface area contributed by atoms with Gasteiger partial charge in [-0.25, -0.2) is 14.4 Å². The molecular formula is C22H26FN5O2. The van der Waals surface area contributed by atoms with Crippen LogP contribution in [0.15, 0.2) is 30.6 Å². The minimum atomic E-state index is -0.715. The van der Waals surface area contributed by atoms with Gasteiger partial charge in [0.25, 0.3) is 11.8 Å². The summed E-state index contributed by atoms with van der Waals surface area (Å²) in [5.74, 6) is -0.275. The maximum Gasteiger partial charge on any atom is 0.268 e. The summed E-state index contributed by atoms with van der Waals surface area (Å²) in [7, 11) is 0. The summed E-state index contributed by atoms with van der Waals surface area (Å²) in [6, 6.07) is 6.77. The second-order valence-electron chi connectivity index (χ2n) is 8.27. The lowest BCUT2D eigenvalue weighted by molar-refractivity contribution is 0.0766. The second kappa shape index (κ2) is 8.47. The molecule has 30 heavy (non-hydrogen) atoms. The first-order valence-electron chi connectivity index (χ1n) is 10.3. The van der Waals surface area contributed by atoms with Crippen molar-refractivity contribution in [2.45, 2.75) is 19.8 Å². The predicted molar refractivity (Wildman–Crippen MR) is 109 cm³/mol. The highest BCUT2D eigenvalue weighted by atomic mass is 19.1. The lowest BCUT2D eigenvalue weighted by Crippen LogP contribution is -2.35. The zero-order chi connectivity index (χ0) is 21.3. The Bertz CT molecular complexity index is 952. The van der Waals surface area contributed by atoms with Crippen molar-refractivity contribution in [1.82, 2.24) is 19.8 Å². The molecule has 2 atom stereocenters. The summed E-state index contributed by atoms with van der Waals surface area (Å²) in [5, 5.41) is 0. The number of halogens is 1. The van der Waals surface area contributed by atoms with Crippen LogP contribution in [0.5, 0.6) is 0 Å². The molecule has 2 unspecified atom stereocenters. The van der Waals surface area contributed by atoms with Crippen LogP contribution in [0, 0.1) is 24.6 Å². The quantitative estimate of drug-likeness (QED) is 0.781. The minimum Gasteiger partial charge on any atom is -0.364 e. The highest BCUT2D eigenvalue weighted by molar-refractivity contribution is 6.06. The van der Waals surface area contributed by atoms with Crippen LogP contribution >= 0.6 is 0 Å². The van der Waals surface area contributed by atoms with Crippen molar-refractivity contribution in [3.05, 3.63) is 58.9 Å². The summed E-state index contributed by atoms with van der Waals surface area (Å²) in [5.41, 5.74) is 7.11. The van der Waals surface area contributed by atoms with E-state index in [0.717, 1.165) is 38.0 Å². The van der Waals surface area contributed by atoms with E-state index in [4.69, 9.17) is 5.73 Å². The highest BCUT2D eigenvalue weighted by Gasteiger charge is 2.42. The molecule has 0 saturated carbocycles. The number of hydrogen-bond donors (Lipinski definition) is 1. The molecular weight excluding hydrogens is 385 g/mol. The fourth-order valence-electron chi connectivity index (χ4n) is 4.71. The van der Waals surface area contributed by atoms with Gasteiger partial charge in [-0.15, -0.1) is 0 Å². The number of carbonyl (C=O) groups is 2. The van der Waals surface area contributed by atoms with Gasteiger partial charge in [-0.3, -0.25) is 9.59 Å². The third-order valence-electron chi connectivity index (χ3n) is 6.16. The molecule has 2 aromatic rings. The number of nitrogens with two attached hydrogens (primary N) is 1. The van der Waals surface area contributed by atoms with Gasteiger partial charge in [0.05, 0.1) is 11.3 Å². The van der Waals surface area contributed by atoms with Gasteiger partial charge in [-0.1, -0.05) is 12.1 Å². The zero-order valence-corrected chi connectivity index (χ0v) is 17.1. The Labute approximate surface area is 175 Å². The maximum absolute atomic E-state index is 13.3. The van der Waals surface area contributed by atoms with Gasteiger partial charge in [0.15, 0.2) is 0 Å². The van der Waals surface area contributed by atoms with E-state index >= 15 is 0 Å². The average Bonchev–Trinajstić information content (AvgIpc) is 3.26. The first-order valence-corrected chi connectivity index (χ1v) is 10.3. The predicted octanol–water partition coefficient (Wildman–Crippen LogP) is 1.66. The van der Waals surface area contributed by atoms with E-state index in [1.807, 2.05) is 6.07 Å². The Morgan fingerprint density at radius 2 is 1.90 bits per heavy atom. The molecule has 8 heteroatoms. The molecule has 2 aliphatic heterocycles. The molecule has 2 saturated heterocycles. The first kappa shape index (κ1) is 20.4. The van der Waals surface area contributed by atoms with Crippen LogP contribution in [0.3, 0.4) is 0 Å². The fraction of sp³-hybridized carbons (Fsp3) is 0.455. The highest BCUT2D eigenvalue weighted by Crippen LogP contribution is 2.32. The van der Waals surface area contributed by atoms with E-state index in [1.54, 1.807) is 24.0 Å². The van der Waals surface area contributed by atoms with E-state index in [0.29, 0.717) is 30.6 Å². The Morgan fingerprint density at radius 3 is 2.57 bits per heavy atom. The van der Waals surface area contributed by atoms with E-state index in [-0.39, 0.29) is 23.0 Å². The number of aryl methyl sites for hydroxylation is 2. The number of likely N-dealkylation sites (tertiary alicyclic amines) is 2. The zero-order valence-electron chi connectivity index (χ0n) is 17.1. The molecule has 4 rings (SSSR count). The van der Waals surface area contributed by atoms with Crippen molar-refractivity contribution in [3.8, 4) is 0 Å². The molecule has 158 valence electrons. The third kappa shape index (κ3) is 4.18. The number of aromatic nitrogens is 2. The normalized spacial score (nSPS) is 21.1. The summed E-state index contributed by atoms with van der Waals surface area (Å²) >= 11 is 0. The molecule has 7 nitrogen and oxygen atoms in total. The first-order chi connectivity index (χ1) is 14.4. The molecule has 2 fully saturated rings. The Balaban J connectivity index is 1.32. The van der Waals surface area contributed by atoms with E-state index in [1.165, 1.54) is 12.4 Å². The Morgan fingerprint density at radius 1 is 1.17 bits per heavy atom. The van der Waals surface area contributed by atoms with Gasteiger partial charge >= 0.3 is 0 Å². The van der Waals surface area contributed by atoms with Gasteiger partial charge in [-0.05, 0) is 55.8 Å². The van der Waals surface area contributed by atoms with Gasteiger partial charge in [-0.2, -0.15) is 0 Å². The Kier molecular flexibility index (Phi) is 5.76. The average molecular weight is 411 g/mol. The Hall–Kier alpha value is -2.87. The smallest absolute Gasteiger partial charge is 0.268 e. The molecule has 2 N–H and O–H groups in total. The SMILES string of the molecule is Cc1ncnc(C(N)=O)c1C(=O)N1CC2CN(CCCc3cccc(F)c3)CC2C1. The van der Waals surface area contributed by atoms with E-state index in [2.05, 4.69) is 14.9 Å². The monoisotopic (exact) mass is 411 g/mol. The number of amides is 2. The number of benzene rings is 1. The molecule has 0 spiro atoms. The van der Waals surface area contributed by atoms with Gasteiger partial charge < -0.3 is 15.5 Å². The van der Waals surface area contributed by atoms with E-state index < -0.39 is 5.91 Å². The fourth-order valence-corrected chi connectivity index (χ4v) is 4.71. The standard InChI is InChI=1S/C22H26FN5O2/c1-14-19(20(21(24)29)26-13-25-14)22(30)28-11-16-9-27(10-17(16)12-28)7-3-5-15-4-2-6-18(23)8-15/h2,4,6,8,13,16-17H,3,5,7,9-12H2,1H3,(H2,24,29). The molecule has 0 radical (unpaired) electrons. The number of carbonyl (C=O) groups excluding carboxylic acids is 2. The molecule has 1 aromatic carbocycles. The van der Waals surface area contributed by atoms with Crippen LogP contribution in [0.25, 0.3) is 0 Å². The van der Waals surface area contributed by atoms with Crippen LogP contribution in [-0.4, -0.2) is 64.3 Å². The lowest BCUT2D eigenvalue weighted by atomic mass is 10.0. The molecule has 1 aromatic heterocycles. The second-order valence-corrected chi connectivity index (χ2v) is 8.27. The number of fused-ring (bicyclic) bond motifs is 1. The molecule has 0 bridgehead atoms. The molecule has 2 aliphatic rings. The number of hydrogen-bond acceptors (Lipinski definition) is 5. The van der Waals surface area contributed by atoms with Crippen LogP contribution in [0.2, 0.25) is 0 Å². The maximum atomic E-state index is 13.3. The van der Waals surface area contributed by atoms with E-state index in [9.17, 15) is 14.0 Å². The number of rotatable bonds is 6. The van der Waals surface area contributed by atoms with Crippen LogP contribution < -0.4 is 5.73 Å². The van der Waals surface area contributed by atoms with Crippen molar-refractivity contribution < 1.29 is 14.0 Å². The summed E-state index contributed by atoms with van der Waals surface area (Å²) in [4.78, 5) is 37.0. The van der Waals surface area contributed by atoms with Gasteiger partial charge in [0, 0.05) is 26.2 Å². The van der Waals surface area contributed by atoms with Crippen molar-refractivity contribution >= 4 is 11.8 Å². The van der Waals surface area contributed by atoms with Crippen LogP contribution in [-0.2, 0) is 6.42 Å².